The second-order valence-electron chi connectivity index (χ2n) is 4.34. The van der Waals surface area contributed by atoms with Gasteiger partial charge in [-0.1, -0.05) is 5.21 Å². The Morgan fingerprint density at radius 3 is 2.88 bits per heavy atom. The van der Waals surface area contributed by atoms with Gasteiger partial charge in [0.2, 0.25) is 0 Å². The van der Waals surface area contributed by atoms with Crippen LogP contribution in [-0.2, 0) is 11.3 Å². The molecule has 0 amide bonds. The predicted molar refractivity (Wildman–Crippen MR) is 71.3 cm³/mol. The molecule has 0 radical (unpaired) electrons. The number of ether oxygens (including phenoxy) is 1. The van der Waals surface area contributed by atoms with Crippen molar-refractivity contribution in [2.75, 3.05) is 7.11 Å². The van der Waals surface area contributed by atoms with E-state index in [1.165, 1.54) is 3.57 Å². The van der Waals surface area contributed by atoms with Crippen molar-refractivity contribution in [1.82, 2.24) is 15.0 Å². The first kappa shape index (κ1) is 11.8. The van der Waals surface area contributed by atoms with E-state index in [2.05, 4.69) is 39.0 Å². The third kappa shape index (κ3) is 2.35. The maximum atomic E-state index is 5.39. The standard InChI is InChI=1S/C11H14IN3O/c1-11(2,16-3)7-15-10-5-4-8(12)6-9(10)13-14-15/h4-6H,7H2,1-3H3. The molecule has 0 aliphatic heterocycles. The average molecular weight is 331 g/mol. The van der Waals surface area contributed by atoms with Crippen molar-refractivity contribution in [3.8, 4) is 0 Å². The first-order valence-electron chi connectivity index (χ1n) is 5.06. The Balaban J connectivity index is 2.39. The number of benzene rings is 1. The van der Waals surface area contributed by atoms with E-state index in [0.29, 0.717) is 6.54 Å². The number of rotatable bonds is 3. The molecule has 4 nitrogen and oxygen atoms in total. The van der Waals surface area contributed by atoms with E-state index in [1.807, 2.05) is 30.7 Å². The summed E-state index contributed by atoms with van der Waals surface area (Å²) in [6.07, 6.45) is 0. The molecule has 0 unspecified atom stereocenters. The predicted octanol–water partition coefficient (Wildman–Crippen LogP) is 2.46. The lowest BCUT2D eigenvalue weighted by molar-refractivity contribution is 0.00601. The van der Waals surface area contributed by atoms with E-state index in [0.717, 1.165) is 11.0 Å². The van der Waals surface area contributed by atoms with E-state index in [4.69, 9.17) is 4.74 Å². The normalized spacial score (nSPS) is 12.2. The summed E-state index contributed by atoms with van der Waals surface area (Å²) >= 11 is 2.27. The van der Waals surface area contributed by atoms with Gasteiger partial charge < -0.3 is 4.74 Å². The molecule has 1 aromatic heterocycles. The number of fused-ring (bicyclic) bond motifs is 1. The molecule has 16 heavy (non-hydrogen) atoms. The van der Waals surface area contributed by atoms with E-state index < -0.39 is 0 Å². The van der Waals surface area contributed by atoms with Crippen LogP contribution >= 0.6 is 22.6 Å². The van der Waals surface area contributed by atoms with E-state index in [-0.39, 0.29) is 5.60 Å². The van der Waals surface area contributed by atoms with Crippen molar-refractivity contribution in [3.05, 3.63) is 21.8 Å². The maximum Gasteiger partial charge on any atom is 0.114 e. The van der Waals surface area contributed by atoms with Crippen LogP contribution in [0.15, 0.2) is 18.2 Å². The van der Waals surface area contributed by atoms with Crippen LogP contribution in [0, 0.1) is 3.57 Å². The van der Waals surface area contributed by atoms with Crippen molar-refractivity contribution in [1.29, 1.82) is 0 Å². The average Bonchev–Trinajstić information content (AvgIpc) is 2.60. The molecule has 0 bridgehead atoms. The number of hydrogen-bond donors (Lipinski definition) is 0. The zero-order chi connectivity index (χ0) is 11.8. The second kappa shape index (κ2) is 4.29. The summed E-state index contributed by atoms with van der Waals surface area (Å²) in [4.78, 5) is 0. The van der Waals surface area contributed by atoms with Crippen LogP contribution < -0.4 is 0 Å². The van der Waals surface area contributed by atoms with Crippen LogP contribution in [0.5, 0.6) is 0 Å². The van der Waals surface area contributed by atoms with Gasteiger partial charge >= 0.3 is 0 Å². The fourth-order valence-electron chi connectivity index (χ4n) is 1.49. The van der Waals surface area contributed by atoms with Crippen LogP contribution in [-0.4, -0.2) is 27.7 Å². The van der Waals surface area contributed by atoms with Crippen LogP contribution in [0.3, 0.4) is 0 Å². The fourth-order valence-corrected chi connectivity index (χ4v) is 1.96. The highest BCUT2D eigenvalue weighted by Crippen LogP contribution is 2.18. The van der Waals surface area contributed by atoms with Gasteiger partial charge in [0.1, 0.15) is 5.52 Å². The molecule has 0 saturated heterocycles. The largest absolute Gasteiger partial charge is 0.377 e. The summed E-state index contributed by atoms with van der Waals surface area (Å²) in [7, 11) is 1.71. The fraction of sp³-hybridized carbons (Fsp3) is 0.455. The van der Waals surface area contributed by atoms with Crippen molar-refractivity contribution in [2.24, 2.45) is 0 Å². The second-order valence-corrected chi connectivity index (χ2v) is 5.59. The summed E-state index contributed by atoms with van der Waals surface area (Å²) in [5.74, 6) is 0. The number of hydrogen-bond acceptors (Lipinski definition) is 3. The monoisotopic (exact) mass is 331 g/mol. The Morgan fingerprint density at radius 1 is 1.44 bits per heavy atom. The van der Waals surface area contributed by atoms with Crippen molar-refractivity contribution in [2.45, 2.75) is 26.0 Å². The summed E-state index contributed by atoms with van der Waals surface area (Å²) in [6.45, 7) is 4.76. The molecule has 0 N–H and O–H groups in total. The summed E-state index contributed by atoms with van der Waals surface area (Å²) in [6, 6.07) is 6.13. The zero-order valence-corrected chi connectivity index (χ0v) is 11.7. The van der Waals surface area contributed by atoms with Gasteiger partial charge in [-0.25, -0.2) is 4.68 Å². The highest BCUT2D eigenvalue weighted by atomic mass is 127. The van der Waals surface area contributed by atoms with E-state index in [1.54, 1.807) is 7.11 Å². The van der Waals surface area contributed by atoms with Gasteiger partial charge in [0, 0.05) is 10.7 Å². The van der Waals surface area contributed by atoms with Gasteiger partial charge in [-0.3, -0.25) is 0 Å². The summed E-state index contributed by atoms with van der Waals surface area (Å²) < 4.78 is 8.45. The molecule has 0 aliphatic carbocycles. The molecule has 1 aromatic carbocycles. The quantitative estimate of drug-likeness (QED) is 0.811. The lowest BCUT2D eigenvalue weighted by Crippen LogP contribution is -2.29. The maximum absolute atomic E-state index is 5.39. The van der Waals surface area contributed by atoms with Gasteiger partial charge in [-0.05, 0) is 54.6 Å². The lowest BCUT2D eigenvalue weighted by Gasteiger charge is -2.22. The molecule has 0 spiro atoms. The molecule has 0 saturated carbocycles. The van der Waals surface area contributed by atoms with Crippen LogP contribution in [0.2, 0.25) is 0 Å². The van der Waals surface area contributed by atoms with Gasteiger partial charge in [-0.2, -0.15) is 0 Å². The van der Waals surface area contributed by atoms with E-state index in [9.17, 15) is 0 Å². The Labute approximate surface area is 108 Å². The molecule has 1 heterocycles. The van der Waals surface area contributed by atoms with Crippen LogP contribution in [0.25, 0.3) is 11.0 Å². The Bertz CT molecular complexity index is 507. The van der Waals surface area contributed by atoms with E-state index >= 15 is 0 Å². The molecule has 5 heteroatoms. The Kier molecular flexibility index (Phi) is 3.16. The zero-order valence-electron chi connectivity index (χ0n) is 9.57. The van der Waals surface area contributed by atoms with Crippen molar-refractivity contribution < 1.29 is 4.74 Å². The minimum absolute atomic E-state index is 0.233. The molecule has 86 valence electrons. The highest BCUT2D eigenvalue weighted by Gasteiger charge is 2.19. The Hall–Kier alpha value is -0.690. The number of aromatic nitrogens is 3. The minimum Gasteiger partial charge on any atom is -0.377 e. The molecule has 2 rings (SSSR count). The lowest BCUT2D eigenvalue weighted by atomic mass is 10.1. The van der Waals surface area contributed by atoms with Crippen molar-refractivity contribution in [3.63, 3.8) is 0 Å². The topological polar surface area (TPSA) is 39.9 Å². The number of methoxy groups -OCH3 is 1. The molecule has 0 atom stereocenters. The van der Waals surface area contributed by atoms with Gasteiger partial charge in [0.25, 0.3) is 0 Å². The van der Waals surface area contributed by atoms with Crippen molar-refractivity contribution >= 4 is 33.6 Å². The highest BCUT2D eigenvalue weighted by molar-refractivity contribution is 14.1. The Morgan fingerprint density at radius 2 is 2.19 bits per heavy atom. The SMILES string of the molecule is COC(C)(C)Cn1nnc2cc(I)ccc21. The molecular weight excluding hydrogens is 317 g/mol. The number of nitrogens with zero attached hydrogens (tertiary/aromatic N) is 3. The third-order valence-electron chi connectivity index (χ3n) is 2.56. The van der Waals surface area contributed by atoms with Gasteiger partial charge in [0.05, 0.1) is 17.7 Å². The first-order chi connectivity index (χ1) is 7.52. The van der Waals surface area contributed by atoms with Crippen LogP contribution in [0.4, 0.5) is 0 Å². The third-order valence-corrected chi connectivity index (χ3v) is 3.23. The smallest absolute Gasteiger partial charge is 0.114 e. The van der Waals surface area contributed by atoms with Crippen LogP contribution in [0.1, 0.15) is 13.8 Å². The summed E-state index contributed by atoms with van der Waals surface area (Å²) in [5, 5.41) is 8.30. The molecular formula is C11H14IN3O. The first-order valence-corrected chi connectivity index (χ1v) is 6.14. The molecule has 0 aliphatic rings. The van der Waals surface area contributed by atoms with Gasteiger partial charge in [0.15, 0.2) is 0 Å². The molecule has 0 fully saturated rings. The number of halogens is 1. The van der Waals surface area contributed by atoms with Gasteiger partial charge in [-0.15, -0.1) is 5.10 Å². The minimum atomic E-state index is -0.233. The molecule has 2 aromatic rings. The summed E-state index contributed by atoms with van der Waals surface area (Å²) in [5.41, 5.74) is 1.74.